The van der Waals surface area contributed by atoms with Crippen molar-refractivity contribution in [2.75, 3.05) is 31.5 Å². The van der Waals surface area contributed by atoms with Crippen molar-refractivity contribution in [2.24, 2.45) is 5.92 Å². The number of nitro groups is 1. The lowest BCUT2D eigenvalue weighted by Gasteiger charge is -2.29. The molecule has 0 saturated carbocycles. The van der Waals surface area contributed by atoms with E-state index in [1.54, 1.807) is 0 Å². The van der Waals surface area contributed by atoms with Crippen LogP contribution in [0.4, 0.5) is 11.5 Å². The molecule has 1 saturated heterocycles. The third kappa shape index (κ3) is 4.45. The fourth-order valence-electron chi connectivity index (χ4n) is 2.56. The molecule has 1 fully saturated rings. The fourth-order valence-corrected chi connectivity index (χ4v) is 2.56. The van der Waals surface area contributed by atoms with Gasteiger partial charge in [-0.3, -0.25) is 10.1 Å². The molecule has 1 aromatic rings. The SMILES string of the molecule is CC(CNc1cc([N+](=O)[O-])ccn1)CN1CCCCC1. The summed E-state index contributed by atoms with van der Waals surface area (Å²) in [4.78, 5) is 16.9. The maximum absolute atomic E-state index is 10.7. The van der Waals surface area contributed by atoms with Gasteiger partial charge in [0.25, 0.3) is 5.69 Å². The Kier molecular flexibility index (Phi) is 5.29. The summed E-state index contributed by atoms with van der Waals surface area (Å²) in [6.45, 7) is 6.43. The molecule has 1 aliphatic heterocycles. The van der Waals surface area contributed by atoms with E-state index in [1.807, 2.05) is 0 Å². The highest BCUT2D eigenvalue weighted by molar-refractivity contribution is 5.44. The van der Waals surface area contributed by atoms with Crippen LogP contribution >= 0.6 is 0 Å². The first kappa shape index (κ1) is 14.7. The van der Waals surface area contributed by atoms with Crippen LogP contribution in [-0.2, 0) is 0 Å². The molecule has 0 aromatic carbocycles. The Morgan fingerprint density at radius 1 is 1.45 bits per heavy atom. The first-order valence-corrected chi connectivity index (χ1v) is 7.22. The van der Waals surface area contributed by atoms with Crippen LogP contribution in [0.5, 0.6) is 0 Å². The van der Waals surface area contributed by atoms with Crippen molar-refractivity contribution in [2.45, 2.75) is 26.2 Å². The van der Waals surface area contributed by atoms with E-state index in [0.717, 1.165) is 13.1 Å². The van der Waals surface area contributed by atoms with Crippen LogP contribution in [0.3, 0.4) is 0 Å². The van der Waals surface area contributed by atoms with Gasteiger partial charge in [-0.25, -0.2) is 4.98 Å². The predicted molar refractivity (Wildman–Crippen MR) is 78.8 cm³/mol. The summed E-state index contributed by atoms with van der Waals surface area (Å²) >= 11 is 0. The van der Waals surface area contributed by atoms with Crippen molar-refractivity contribution in [1.82, 2.24) is 9.88 Å². The van der Waals surface area contributed by atoms with E-state index in [2.05, 4.69) is 22.1 Å². The molecule has 1 N–H and O–H groups in total. The van der Waals surface area contributed by atoms with Gasteiger partial charge in [-0.15, -0.1) is 0 Å². The highest BCUT2D eigenvalue weighted by atomic mass is 16.6. The van der Waals surface area contributed by atoms with Gasteiger partial charge in [0, 0.05) is 25.4 Å². The Bertz CT molecular complexity index is 447. The smallest absolute Gasteiger partial charge is 0.274 e. The molecule has 0 bridgehead atoms. The maximum Gasteiger partial charge on any atom is 0.274 e. The first-order chi connectivity index (χ1) is 9.65. The maximum atomic E-state index is 10.7. The lowest BCUT2D eigenvalue weighted by molar-refractivity contribution is -0.384. The molecule has 1 aromatic heterocycles. The average molecular weight is 278 g/mol. The summed E-state index contributed by atoms with van der Waals surface area (Å²) in [5, 5.41) is 13.9. The summed E-state index contributed by atoms with van der Waals surface area (Å²) in [6.07, 6.45) is 5.41. The summed E-state index contributed by atoms with van der Waals surface area (Å²) < 4.78 is 0. The van der Waals surface area contributed by atoms with Gasteiger partial charge in [0.15, 0.2) is 0 Å². The number of nitrogens with zero attached hydrogens (tertiary/aromatic N) is 3. The normalized spacial score (nSPS) is 17.6. The van der Waals surface area contributed by atoms with Crippen LogP contribution in [0.25, 0.3) is 0 Å². The molecule has 2 rings (SSSR count). The molecule has 1 atom stereocenters. The molecule has 1 aliphatic rings. The Morgan fingerprint density at radius 2 is 2.20 bits per heavy atom. The summed E-state index contributed by atoms with van der Waals surface area (Å²) in [7, 11) is 0. The molecule has 0 radical (unpaired) electrons. The Balaban J connectivity index is 1.78. The van der Waals surface area contributed by atoms with Crippen LogP contribution in [0.15, 0.2) is 18.3 Å². The number of hydrogen-bond donors (Lipinski definition) is 1. The summed E-state index contributed by atoms with van der Waals surface area (Å²) in [6, 6.07) is 2.88. The van der Waals surface area contributed by atoms with Crippen LogP contribution in [-0.4, -0.2) is 41.0 Å². The van der Waals surface area contributed by atoms with Gasteiger partial charge < -0.3 is 10.2 Å². The highest BCUT2D eigenvalue weighted by Crippen LogP contribution is 2.15. The quantitative estimate of drug-likeness (QED) is 0.639. The van der Waals surface area contributed by atoms with Gasteiger partial charge >= 0.3 is 0 Å². The van der Waals surface area contributed by atoms with Gasteiger partial charge in [-0.2, -0.15) is 0 Å². The van der Waals surface area contributed by atoms with E-state index in [4.69, 9.17) is 0 Å². The number of hydrogen-bond acceptors (Lipinski definition) is 5. The minimum absolute atomic E-state index is 0.0752. The average Bonchev–Trinajstić information content (AvgIpc) is 2.46. The van der Waals surface area contributed by atoms with Gasteiger partial charge in [-0.05, 0) is 31.8 Å². The Morgan fingerprint density at radius 3 is 2.90 bits per heavy atom. The van der Waals surface area contributed by atoms with Gasteiger partial charge in [0.1, 0.15) is 5.82 Å². The van der Waals surface area contributed by atoms with E-state index < -0.39 is 4.92 Å². The number of rotatable bonds is 6. The van der Waals surface area contributed by atoms with E-state index in [0.29, 0.717) is 11.7 Å². The van der Waals surface area contributed by atoms with E-state index in [-0.39, 0.29) is 5.69 Å². The molecule has 6 nitrogen and oxygen atoms in total. The Labute approximate surface area is 119 Å². The number of nitrogens with one attached hydrogen (secondary N) is 1. The molecule has 110 valence electrons. The minimum atomic E-state index is -0.399. The number of pyridine rings is 1. The molecule has 0 amide bonds. The van der Waals surface area contributed by atoms with E-state index in [1.165, 1.54) is 50.7 Å². The van der Waals surface area contributed by atoms with Crippen molar-refractivity contribution >= 4 is 11.5 Å². The lowest BCUT2D eigenvalue weighted by Crippen LogP contribution is -2.35. The monoisotopic (exact) mass is 278 g/mol. The fraction of sp³-hybridized carbons (Fsp3) is 0.643. The second kappa shape index (κ2) is 7.19. The third-order valence-corrected chi connectivity index (χ3v) is 3.60. The molecular weight excluding hydrogens is 256 g/mol. The Hall–Kier alpha value is -1.69. The van der Waals surface area contributed by atoms with Crippen molar-refractivity contribution in [1.29, 1.82) is 0 Å². The van der Waals surface area contributed by atoms with Crippen LogP contribution in [0.2, 0.25) is 0 Å². The molecular formula is C14H22N4O2. The predicted octanol–water partition coefficient (Wildman–Crippen LogP) is 2.52. The van der Waals surface area contributed by atoms with Gasteiger partial charge in [0.05, 0.1) is 11.0 Å². The second-order valence-electron chi connectivity index (χ2n) is 5.50. The second-order valence-corrected chi connectivity index (χ2v) is 5.50. The van der Waals surface area contributed by atoms with Crippen molar-refractivity contribution in [3.05, 3.63) is 28.4 Å². The number of aromatic nitrogens is 1. The zero-order valence-electron chi connectivity index (χ0n) is 11.9. The van der Waals surface area contributed by atoms with Crippen LogP contribution in [0.1, 0.15) is 26.2 Å². The number of piperidine rings is 1. The van der Waals surface area contributed by atoms with Crippen molar-refractivity contribution in [3.8, 4) is 0 Å². The molecule has 2 heterocycles. The summed E-state index contributed by atoms with van der Waals surface area (Å²) in [5.74, 6) is 1.07. The number of likely N-dealkylation sites (tertiary alicyclic amines) is 1. The van der Waals surface area contributed by atoms with E-state index >= 15 is 0 Å². The zero-order valence-corrected chi connectivity index (χ0v) is 11.9. The van der Waals surface area contributed by atoms with E-state index in [9.17, 15) is 10.1 Å². The van der Waals surface area contributed by atoms with Crippen LogP contribution < -0.4 is 5.32 Å². The number of anilines is 1. The van der Waals surface area contributed by atoms with Crippen LogP contribution in [0, 0.1) is 16.0 Å². The largest absolute Gasteiger partial charge is 0.370 e. The molecule has 1 unspecified atom stereocenters. The standard InChI is InChI=1S/C14H22N4O2/c1-12(11-17-7-3-2-4-8-17)10-16-14-9-13(18(19)20)5-6-15-14/h5-6,9,12H,2-4,7-8,10-11H2,1H3,(H,15,16). The van der Waals surface area contributed by atoms with Crippen molar-refractivity contribution < 1.29 is 4.92 Å². The zero-order chi connectivity index (χ0) is 14.4. The first-order valence-electron chi connectivity index (χ1n) is 7.22. The molecule has 0 aliphatic carbocycles. The molecule has 6 heteroatoms. The van der Waals surface area contributed by atoms with Gasteiger partial charge in [-0.1, -0.05) is 13.3 Å². The van der Waals surface area contributed by atoms with Crippen molar-refractivity contribution in [3.63, 3.8) is 0 Å². The topological polar surface area (TPSA) is 71.3 Å². The lowest BCUT2D eigenvalue weighted by atomic mass is 10.1. The molecule has 0 spiro atoms. The molecule has 20 heavy (non-hydrogen) atoms. The minimum Gasteiger partial charge on any atom is -0.370 e. The van der Waals surface area contributed by atoms with Gasteiger partial charge in [0.2, 0.25) is 0 Å². The highest BCUT2D eigenvalue weighted by Gasteiger charge is 2.14. The summed E-state index contributed by atoms with van der Waals surface area (Å²) in [5.41, 5.74) is 0.0752. The third-order valence-electron chi connectivity index (χ3n) is 3.60.